The lowest BCUT2D eigenvalue weighted by atomic mass is 9.96. The van der Waals surface area contributed by atoms with E-state index in [1.54, 1.807) is 17.0 Å². The Hall–Kier alpha value is -1.69. The molecule has 1 aromatic carbocycles. The molecule has 2 heterocycles. The van der Waals surface area contributed by atoms with Crippen LogP contribution >= 0.6 is 0 Å². The molecule has 1 aromatic rings. The van der Waals surface area contributed by atoms with Gasteiger partial charge in [-0.05, 0) is 36.6 Å². The first kappa shape index (κ1) is 13.3. The molecule has 108 valence electrons. The number of ether oxygens (including phenoxy) is 1. The number of hydrogen-bond acceptors (Lipinski definition) is 3. The van der Waals surface area contributed by atoms with Crippen LogP contribution < -0.4 is 15.0 Å². The number of amides is 1. The van der Waals surface area contributed by atoms with Gasteiger partial charge in [-0.3, -0.25) is 4.79 Å². The molecule has 0 aromatic heterocycles. The summed E-state index contributed by atoms with van der Waals surface area (Å²) in [5.41, 5.74) is 1.73. The van der Waals surface area contributed by atoms with Gasteiger partial charge < -0.3 is 15.0 Å². The Morgan fingerprint density at radius 1 is 1.40 bits per heavy atom. The maximum atomic E-state index is 12.3. The van der Waals surface area contributed by atoms with Crippen LogP contribution in [0.15, 0.2) is 18.2 Å². The van der Waals surface area contributed by atoms with Crippen LogP contribution in [0.2, 0.25) is 0 Å². The summed E-state index contributed by atoms with van der Waals surface area (Å²) in [6.45, 7) is -0.693. The Bertz CT molecular complexity index is 518. The first-order chi connectivity index (χ1) is 9.65. The summed E-state index contributed by atoms with van der Waals surface area (Å²) in [5.74, 6) is 0.309. The van der Waals surface area contributed by atoms with Crippen LogP contribution in [0.4, 0.5) is 14.5 Å². The van der Waals surface area contributed by atoms with Crippen LogP contribution in [-0.4, -0.2) is 32.2 Å². The van der Waals surface area contributed by atoms with Gasteiger partial charge in [0, 0.05) is 25.3 Å². The van der Waals surface area contributed by atoms with Gasteiger partial charge in [-0.1, -0.05) is 0 Å². The smallest absolute Gasteiger partial charge is 0.387 e. The van der Waals surface area contributed by atoms with E-state index in [1.165, 1.54) is 6.07 Å². The Kier molecular flexibility index (Phi) is 3.56. The first-order valence-corrected chi connectivity index (χ1v) is 6.75. The molecule has 0 saturated carbocycles. The van der Waals surface area contributed by atoms with E-state index >= 15 is 0 Å². The number of hydrogen-bond donors (Lipinski definition) is 1. The molecule has 0 unspecified atom stereocenters. The van der Waals surface area contributed by atoms with E-state index in [-0.39, 0.29) is 17.6 Å². The minimum Gasteiger partial charge on any atom is -0.435 e. The van der Waals surface area contributed by atoms with Crippen molar-refractivity contribution in [3.63, 3.8) is 0 Å². The normalized spacial score (nSPS) is 18.6. The average Bonchev–Trinajstić information content (AvgIpc) is 2.34. The van der Waals surface area contributed by atoms with Gasteiger partial charge in [0.2, 0.25) is 5.91 Å². The van der Waals surface area contributed by atoms with Crippen LogP contribution in [0, 0.1) is 5.92 Å². The highest BCUT2D eigenvalue weighted by Gasteiger charge is 2.32. The summed E-state index contributed by atoms with van der Waals surface area (Å²) in [5, 5.41) is 3.09. The van der Waals surface area contributed by atoms with Gasteiger partial charge in [0.1, 0.15) is 5.75 Å². The number of aryl methyl sites for hydroxylation is 1. The van der Waals surface area contributed by atoms with Crippen LogP contribution in [0.1, 0.15) is 12.0 Å². The third kappa shape index (κ3) is 2.47. The molecule has 3 rings (SSSR count). The van der Waals surface area contributed by atoms with E-state index in [9.17, 15) is 13.6 Å². The number of rotatable bonds is 3. The number of anilines is 1. The molecule has 0 atom stereocenters. The third-order valence-electron chi connectivity index (χ3n) is 3.79. The molecular weight excluding hydrogens is 266 g/mol. The highest BCUT2D eigenvalue weighted by molar-refractivity contribution is 5.97. The predicted molar refractivity (Wildman–Crippen MR) is 70.1 cm³/mol. The number of fused-ring (bicyclic) bond motifs is 1. The maximum Gasteiger partial charge on any atom is 0.387 e. The van der Waals surface area contributed by atoms with Crippen molar-refractivity contribution in [2.75, 3.05) is 24.5 Å². The molecule has 1 N–H and O–H groups in total. The zero-order valence-corrected chi connectivity index (χ0v) is 10.9. The molecule has 1 saturated heterocycles. The van der Waals surface area contributed by atoms with Crippen molar-refractivity contribution in [3.05, 3.63) is 23.8 Å². The summed E-state index contributed by atoms with van der Waals surface area (Å²) < 4.78 is 28.9. The van der Waals surface area contributed by atoms with Crippen LogP contribution in [0.25, 0.3) is 0 Å². The molecular formula is C14H16F2N2O2. The molecule has 1 amide bonds. The Morgan fingerprint density at radius 3 is 2.85 bits per heavy atom. The van der Waals surface area contributed by atoms with Crippen LogP contribution in [0.3, 0.4) is 0 Å². The number of carbonyl (C=O) groups excluding carboxylic acids is 1. The monoisotopic (exact) mass is 282 g/mol. The van der Waals surface area contributed by atoms with Gasteiger partial charge in [0.15, 0.2) is 0 Å². The van der Waals surface area contributed by atoms with Crippen molar-refractivity contribution in [2.45, 2.75) is 19.5 Å². The summed E-state index contributed by atoms with van der Waals surface area (Å²) in [7, 11) is 0. The van der Waals surface area contributed by atoms with Crippen LogP contribution in [-0.2, 0) is 11.2 Å². The summed E-state index contributed by atoms with van der Waals surface area (Å²) in [4.78, 5) is 14.1. The average molecular weight is 282 g/mol. The fourth-order valence-corrected chi connectivity index (χ4v) is 2.66. The van der Waals surface area contributed by atoms with Gasteiger partial charge in [0.05, 0.1) is 5.92 Å². The van der Waals surface area contributed by atoms with Gasteiger partial charge in [-0.15, -0.1) is 0 Å². The first-order valence-electron chi connectivity index (χ1n) is 6.75. The third-order valence-corrected chi connectivity index (χ3v) is 3.79. The van der Waals surface area contributed by atoms with E-state index in [2.05, 4.69) is 10.1 Å². The van der Waals surface area contributed by atoms with Gasteiger partial charge in [-0.25, -0.2) is 0 Å². The number of carbonyl (C=O) groups is 1. The Balaban J connectivity index is 1.83. The summed E-state index contributed by atoms with van der Waals surface area (Å²) in [6, 6.07) is 4.81. The van der Waals surface area contributed by atoms with Crippen molar-refractivity contribution < 1.29 is 18.3 Å². The SMILES string of the molecule is O=C(C1CNC1)N1CCCc2cc(OC(F)F)ccc21. The second kappa shape index (κ2) is 5.36. The van der Waals surface area contributed by atoms with E-state index in [0.29, 0.717) is 6.54 Å². The highest BCUT2D eigenvalue weighted by Crippen LogP contribution is 2.32. The van der Waals surface area contributed by atoms with Gasteiger partial charge in [-0.2, -0.15) is 8.78 Å². The molecule has 6 heteroatoms. The Morgan fingerprint density at radius 2 is 2.20 bits per heavy atom. The second-order valence-electron chi connectivity index (χ2n) is 5.12. The van der Waals surface area contributed by atoms with E-state index in [1.807, 2.05) is 0 Å². The van der Waals surface area contributed by atoms with Crippen molar-refractivity contribution in [2.24, 2.45) is 5.92 Å². The molecule has 0 radical (unpaired) electrons. The molecule has 2 aliphatic rings. The van der Waals surface area contributed by atoms with Crippen molar-refractivity contribution >= 4 is 11.6 Å². The lowest BCUT2D eigenvalue weighted by Gasteiger charge is -2.35. The van der Waals surface area contributed by atoms with E-state index in [0.717, 1.165) is 37.2 Å². The molecule has 0 bridgehead atoms. The number of halogens is 2. The highest BCUT2D eigenvalue weighted by atomic mass is 19.3. The second-order valence-corrected chi connectivity index (χ2v) is 5.12. The van der Waals surface area contributed by atoms with Gasteiger partial charge in [0.25, 0.3) is 0 Å². The number of nitrogens with zero attached hydrogens (tertiary/aromatic N) is 1. The van der Waals surface area contributed by atoms with Crippen molar-refractivity contribution in [1.82, 2.24) is 5.32 Å². The zero-order valence-electron chi connectivity index (χ0n) is 10.9. The number of alkyl halides is 2. The standard InChI is InChI=1S/C14H16F2N2O2/c15-14(16)20-11-3-4-12-9(6-11)2-1-5-18(12)13(19)10-7-17-8-10/h3-4,6,10,14,17H,1-2,5,7-8H2. The summed E-state index contributed by atoms with van der Waals surface area (Å²) >= 11 is 0. The number of nitrogens with one attached hydrogen (secondary N) is 1. The lowest BCUT2D eigenvalue weighted by molar-refractivity contribution is -0.123. The fourth-order valence-electron chi connectivity index (χ4n) is 2.66. The minimum absolute atomic E-state index is 0.0398. The Labute approximate surface area is 115 Å². The maximum absolute atomic E-state index is 12.3. The minimum atomic E-state index is -2.82. The molecule has 0 spiro atoms. The number of benzene rings is 1. The quantitative estimate of drug-likeness (QED) is 0.919. The van der Waals surface area contributed by atoms with Gasteiger partial charge >= 0.3 is 6.61 Å². The topological polar surface area (TPSA) is 41.6 Å². The molecule has 1 fully saturated rings. The molecule has 4 nitrogen and oxygen atoms in total. The largest absolute Gasteiger partial charge is 0.435 e. The fraction of sp³-hybridized carbons (Fsp3) is 0.500. The van der Waals surface area contributed by atoms with E-state index in [4.69, 9.17) is 0 Å². The van der Waals surface area contributed by atoms with E-state index < -0.39 is 6.61 Å². The molecule has 2 aliphatic heterocycles. The summed E-state index contributed by atoms with van der Waals surface area (Å²) in [6.07, 6.45) is 1.62. The predicted octanol–water partition coefficient (Wildman–Crippen LogP) is 1.79. The van der Waals surface area contributed by atoms with Crippen molar-refractivity contribution in [1.29, 1.82) is 0 Å². The molecule has 0 aliphatic carbocycles. The van der Waals surface area contributed by atoms with Crippen molar-refractivity contribution in [3.8, 4) is 5.75 Å². The lowest BCUT2D eigenvalue weighted by Crippen LogP contribution is -2.53. The zero-order chi connectivity index (χ0) is 14.1. The molecule has 20 heavy (non-hydrogen) atoms. The van der Waals surface area contributed by atoms with Crippen LogP contribution in [0.5, 0.6) is 5.75 Å².